The van der Waals surface area contributed by atoms with E-state index in [4.69, 9.17) is 0 Å². The van der Waals surface area contributed by atoms with Crippen molar-refractivity contribution in [3.63, 3.8) is 0 Å². The van der Waals surface area contributed by atoms with Crippen LogP contribution in [0.4, 0.5) is 0 Å². The molecule has 0 saturated carbocycles. The molecule has 2 nitrogen and oxygen atoms in total. The van der Waals surface area contributed by atoms with E-state index < -0.39 is 0 Å². The number of carbonyl (C=O) groups excluding carboxylic acids is 1. The number of nitrogens with zero attached hydrogens (tertiary/aromatic N) is 1. The summed E-state index contributed by atoms with van der Waals surface area (Å²) in [7, 11) is 0. The van der Waals surface area contributed by atoms with E-state index in [1.54, 1.807) is 0 Å². The Kier molecular flexibility index (Phi) is 3.58. The van der Waals surface area contributed by atoms with Gasteiger partial charge in [-0.15, -0.1) is 4.40 Å². The standard InChI is InChI=1S/C9H9NOS/c1-2-8-3-5-9(6-4-8)12-10-7-11/h3-6H,2H2,1H3. The van der Waals surface area contributed by atoms with Gasteiger partial charge >= 0.3 is 0 Å². The van der Waals surface area contributed by atoms with Crippen molar-refractivity contribution in [2.45, 2.75) is 18.2 Å². The summed E-state index contributed by atoms with van der Waals surface area (Å²) in [6.45, 7) is 2.10. The molecular weight excluding hydrogens is 170 g/mol. The molecule has 12 heavy (non-hydrogen) atoms. The lowest BCUT2D eigenvalue weighted by atomic mass is 10.2. The molecule has 0 bridgehead atoms. The molecule has 62 valence electrons. The summed E-state index contributed by atoms with van der Waals surface area (Å²) in [6, 6.07) is 7.96. The van der Waals surface area contributed by atoms with Gasteiger partial charge in [0.05, 0.1) is 0 Å². The zero-order valence-electron chi connectivity index (χ0n) is 6.78. The molecule has 0 heterocycles. The largest absolute Gasteiger partial charge is 0.247 e. The van der Waals surface area contributed by atoms with E-state index in [2.05, 4.69) is 11.3 Å². The van der Waals surface area contributed by atoms with Gasteiger partial charge in [-0.3, -0.25) is 0 Å². The van der Waals surface area contributed by atoms with Gasteiger partial charge in [-0.2, -0.15) is 0 Å². The summed E-state index contributed by atoms with van der Waals surface area (Å²) in [5, 5.41) is 0. The van der Waals surface area contributed by atoms with Crippen LogP contribution in [0.3, 0.4) is 0 Å². The lowest BCUT2D eigenvalue weighted by molar-refractivity contribution is 0.566. The second-order valence-electron chi connectivity index (χ2n) is 2.27. The molecule has 1 aromatic rings. The van der Waals surface area contributed by atoms with Gasteiger partial charge in [0, 0.05) is 16.8 Å². The van der Waals surface area contributed by atoms with Crippen LogP contribution in [0.25, 0.3) is 0 Å². The van der Waals surface area contributed by atoms with Gasteiger partial charge in [0.25, 0.3) is 0 Å². The molecule has 0 aliphatic rings. The molecule has 0 aliphatic carbocycles. The van der Waals surface area contributed by atoms with E-state index in [1.807, 2.05) is 24.3 Å². The van der Waals surface area contributed by atoms with E-state index in [0.717, 1.165) is 23.3 Å². The second-order valence-corrected chi connectivity index (χ2v) is 3.11. The van der Waals surface area contributed by atoms with E-state index >= 15 is 0 Å². The average Bonchev–Trinajstić information content (AvgIpc) is 2.15. The van der Waals surface area contributed by atoms with Gasteiger partial charge < -0.3 is 0 Å². The first-order valence-corrected chi connectivity index (χ1v) is 4.47. The van der Waals surface area contributed by atoms with Crippen LogP contribution in [-0.2, 0) is 11.2 Å². The zero-order valence-corrected chi connectivity index (χ0v) is 7.60. The third-order valence-electron chi connectivity index (χ3n) is 1.52. The van der Waals surface area contributed by atoms with Crippen LogP contribution in [0.1, 0.15) is 12.5 Å². The summed E-state index contributed by atoms with van der Waals surface area (Å²) in [5.74, 6) is 0. The molecule has 0 spiro atoms. The van der Waals surface area contributed by atoms with Crippen molar-refractivity contribution in [3.05, 3.63) is 29.8 Å². The normalized spacial score (nSPS) is 9.08. The molecule has 1 aromatic carbocycles. The molecular formula is C9H9NOS. The minimum absolute atomic E-state index is 0.968. The lowest BCUT2D eigenvalue weighted by Gasteiger charge is -1.96. The van der Waals surface area contributed by atoms with Gasteiger partial charge in [-0.25, -0.2) is 4.79 Å². The van der Waals surface area contributed by atoms with E-state index in [-0.39, 0.29) is 0 Å². The van der Waals surface area contributed by atoms with E-state index in [9.17, 15) is 4.79 Å². The summed E-state index contributed by atoms with van der Waals surface area (Å²) in [4.78, 5) is 10.8. The second kappa shape index (κ2) is 4.75. The van der Waals surface area contributed by atoms with Crippen molar-refractivity contribution in [2.75, 3.05) is 0 Å². The Balaban J connectivity index is 2.70. The number of rotatable bonds is 3. The third-order valence-corrected chi connectivity index (χ3v) is 2.17. The maximum absolute atomic E-state index is 9.79. The number of hydrogen-bond donors (Lipinski definition) is 0. The van der Waals surface area contributed by atoms with Gasteiger partial charge in [0.2, 0.25) is 6.08 Å². The van der Waals surface area contributed by atoms with Crippen LogP contribution in [0.5, 0.6) is 0 Å². The monoisotopic (exact) mass is 179 g/mol. The predicted molar refractivity (Wildman–Crippen MR) is 49.8 cm³/mol. The third kappa shape index (κ3) is 2.53. The van der Waals surface area contributed by atoms with E-state index in [1.165, 1.54) is 11.6 Å². The molecule has 0 unspecified atom stereocenters. The van der Waals surface area contributed by atoms with Gasteiger partial charge in [0.1, 0.15) is 0 Å². The van der Waals surface area contributed by atoms with Crippen LogP contribution in [0.15, 0.2) is 33.6 Å². The van der Waals surface area contributed by atoms with Crippen LogP contribution >= 0.6 is 11.9 Å². The fourth-order valence-electron chi connectivity index (χ4n) is 0.857. The summed E-state index contributed by atoms with van der Waals surface area (Å²) in [6.07, 6.45) is 2.51. The number of benzene rings is 1. The minimum Gasteiger partial charge on any atom is -0.210 e. The molecule has 3 heteroatoms. The number of isocyanates is 1. The van der Waals surface area contributed by atoms with Crippen LogP contribution in [0, 0.1) is 0 Å². The first-order valence-electron chi connectivity index (χ1n) is 3.70. The summed E-state index contributed by atoms with van der Waals surface area (Å²) >= 11 is 1.14. The molecule has 1 rings (SSSR count). The summed E-state index contributed by atoms with van der Waals surface area (Å²) < 4.78 is 3.41. The Labute approximate surface area is 75.8 Å². The van der Waals surface area contributed by atoms with Gasteiger partial charge in [0.15, 0.2) is 0 Å². The highest BCUT2D eigenvalue weighted by Crippen LogP contribution is 2.18. The number of aryl methyl sites for hydroxylation is 1. The molecule has 0 aliphatic heterocycles. The highest BCUT2D eigenvalue weighted by molar-refractivity contribution is 7.98. The Hall–Kier alpha value is -1.05. The average molecular weight is 179 g/mol. The highest BCUT2D eigenvalue weighted by Gasteiger charge is 1.91. The Morgan fingerprint density at radius 3 is 2.58 bits per heavy atom. The topological polar surface area (TPSA) is 29.4 Å². The fourth-order valence-corrected chi connectivity index (χ4v) is 1.26. The molecule has 0 radical (unpaired) electrons. The van der Waals surface area contributed by atoms with E-state index in [0.29, 0.717) is 0 Å². The van der Waals surface area contributed by atoms with Crippen LogP contribution in [-0.4, -0.2) is 6.08 Å². The Morgan fingerprint density at radius 1 is 1.42 bits per heavy atom. The fraction of sp³-hybridized carbons (Fsp3) is 0.222. The van der Waals surface area contributed by atoms with Crippen molar-refractivity contribution in [2.24, 2.45) is 4.40 Å². The lowest BCUT2D eigenvalue weighted by Crippen LogP contribution is -1.77. The maximum Gasteiger partial charge on any atom is 0.247 e. The zero-order chi connectivity index (χ0) is 8.81. The molecule has 0 N–H and O–H groups in total. The minimum atomic E-state index is 0.968. The van der Waals surface area contributed by atoms with Crippen molar-refractivity contribution < 1.29 is 4.79 Å². The van der Waals surface area contributed by atoms with Crippen molar-refractivity contribution in [1.29, 1.82) is 0 Å². The van der Waals surface area contributed by atoms with Crippen molar-refractivity contribution >= 4 is 18.0 Å². The Bertz CT molecular complexity index is 288. The van der Waals surface area contributed by atoms with Gasteiger partial charge in [-0.05, 0) is 24.1 Å². The van der Waals surface area contributed by atoms with Crippen molar-refractivity contribution in [1.82, 2.24) is 0 Å². The van der Waals surface area contributed by atoms with Gasteiger partial charge in [-0.1, -0.05) is 19.1 Å². The summed E-state index contributed by atoms with van der Waals surface area (Å²) in [5.41, 5.74) is 1.29. The predicted octanol–water partition coefficient (Wildman–Crippen LogP) is 2.59. The first-order chi connectivity index (χ1) is 5.86. The molecule has 0 fully saturated rings. The van der Waals surface area contributed by atoms with Crippen LogP contribution in [0.2, 0.25) is 0 Å². The molecule has 0 saturated heterocycles. The van der Waals surface area contributed by atoms with Crippen molar-refractivity contribution in [3.8, 4) is 0 Å². The SMILES string of the molecule is CCc1ccc(SN=C=O)cc1. The Morgan fingerprint density at radius 2 is 2.08 bits per heavy atom. The molecule has 0 aromatic heterocycles. The smallest absolute Gasteiger partial charge is 0.210 e. The molecule has 0 amide bonds. The molecule has 0 atom stereocenters. The number of hydrogen-bond acceptors (Lipinski definition) is 3. The van der Waals surface area contributed by atoms with Crippen LogP contribution < -0.4 is 0 Å². The quantitative estimate of drug-likeness (QED) is 0.405. The maximum atomic E-state index is 9.79. The first kappa shape index (κ1) is 9.04. The highest BCUT2D eigenvalue weighted by atomic mass is 32.2.